The summed E-state index contributed by atoms with van der Waals surface area (Å²) < 4.78 is 24.1. The summed E-state index contributed by atoms with van der Waals surface area (Å²) in [6.45, 7) is 0. The molecule has 0 N–H and O–H groups in total. The van der Waals surface area contributed by atoms with E-state index in [4.69, 9.17) is 0 Å². The Morgan fingerprint density at radius 3 is 2.50 bits per heavy atom. The zero-order valence-corrected chi connectivity index (χ0v) is 5.05. The molecule has 1 unspecified atom stereocenters. The number of hydrogen-bond donors (Lipinski definition) is 0. The summed E-state index contributed by atoms with van der Waals surface area (Å²) >= 11 is 0. The van der Waals surface area contributed by atoms with Crippen LogP contribution in [0.5, 0.6) is 0 Å². The summed E-state index contributed by atoms with van der Waals surface area (Å²) in [4.78, 5) is 0. The van der Waals surface area contributed by atoms with Crippen LogP contribution in [0.4, 0.5) is 8.78 Å². The quantitative estimate of drug-likeness (QED) is 0.574. The van der Waals surface area contributed by atoms with Gasteiger partial charge in [0.15, 0.2) is 0 Å². The molecule has 0 aromatic heterocycles. The fraction of sp³-hybridized carbons (Fsp3) is 0.143. The molecular formula is C7H5F2O. The summed E-state index contributed by atoms with van der Waals surface area (Å²) in [5, 5.41) is 10.0. The minimum atomic E-state index is -2.34. The Kier molecular flexibility index (Phi) is 1.97. The molecule has 53 valence electrons. The zero-order chi connectivity index (χ0) is 7.56. The van der Waals surface area contributed by atoms with Crippen LogP contribution in [0, 0.1) is 5.82 Å². The van der Waals surface area contributed by atoms with E-state index in [0.29, 0.717) is 0 Å². The van der Waals surface area contributed by atoms with E-state index in [1.165, 1.54) is 12.1 Å². The summed E-state index contributed by atoms with van der Waals surface area (Å²) in [6.07, 6.45) is -2.34. The predicted octanol–water partition coefficient (Wildman–Crippen LogP) is 2.22. The van der Waals surface area contributed by atoms with Crippen LogP contribution in [0.15, 0.2) is 24.3 Å². The Bertz CT molecular complexity index is 223. The van der Waals surface area contributed by atoms with Gasteiger partial charge in [-0.25, -0.2) is 8.78 Å². The van der Waals surface area contributed by atoms with Crippen LogP contribution >= 0.6 is 0 Å². The fourth-order valence-corrected chi connectivity index (χ4v) is 0.648. The van der Waals surface area contributed by atoms with Crippen molar-refractivity contribution in [2.24, 2.45) is 0 Å². The molecule has 1 atom stereocenters. The molecule has 1 rings (SSSR count). The van der Waals surface area contributed by atoms with Crippen molar-refractivity contribution in [3.05, 3.63) is 35.6 Å². The van der Waals surface area contributed by atoms with Crippen LogP contribution in [-0.4, -0.2) is 0 Å². The number of hydrogen-bond acceptors (Lipinski definition) is 0. The number of benzene rings is 1. The minimum Gasteiger partial charge on any atom is -0.207 e. The van der Waals surface area contributed by atoms with Gasteiger partial charge in [0.2, 0.25) is 0 Å². The van der Waals surface area contributed by atoms with Gasteiger partial charge in [-0.05, 0) is 12.1 Å². The number of halogens is 2. The molecule has 0 spiro atoms. The molecule has 0 bridgehead atoms. The predicted molar refractivity (Wildman–Crippen MR) is 30.9 cm³/mol. The first-order valence-corrected chi connectivity index (χ1v) is 2.75. The minimum absolute atomic E-state index is 0.167. The van der Waals surface area contributed by atoms with Gasteiger partial charge < -0.3 is 0 Å². The Morgan fingerprint density at radius 1 is 1.40 bits per heavy atom. The molecule has 10 heavy (non-hydrogen) atoms. The van der Waals surface area contributed by atoms with Crippen molar-refractivity contribution in [1.82, 2.24) is 0 Å². The van der Waals surface area contributed by atoms with E-state index in [0.717, 1.165) is 12.1 Å². The van der Waals surface area contributed by atoms with E-state index in [-0.39, 0.29) is 5.56 Å². The largest absolute Gasteiger partial charge is 0.256 e. The third-order valence-corrected chi connectivity index (χ3v) is 1.11. The lowest BCUT2D eigenvalue weighted by atomic mass is 10.2. The van der Waals surface area contributed by atoms with Gasteiger partial charge in [-0.1, -0.05) is 12.1 Å². The summed E-state index contributed by atoms with van der Waals surface area (Å²) in [7, 11) is 0. The molecule has 0 heterocycles. The molecule has 3 heteroatoms. The van der Waals surface area contributed by atoms with E-state index < -0.39 is 12.2 Å². The van der Waals surface area contributed by atoms with Crippen LogP contribution < -0.4 is 0 Å². The van der Waals surface area contributed by atoms with Gasteiger partial charge in [-0.2, -0.15) is 5.11 Å². The summed E-state index contributed by atoms with van der Waals surface area (Å²) in [5.41, 5.74) is -0.167. The van der Waals surface area contributed by atoms with Gasteiger partial charge >= 0.3 is 0 Å². The van der Waals surface area contributed by atoms with E-state index in [1.54, 1.807) is 0 Å². The maximum Gasteiger partial charge on any atom is 0.256 e. The van der Waals surface area contributed by atoms with E-state index in [9.17, 15) is 13.9 Å². The fourth-order valence-electron chi connectivity index (χ4n) is 0.648. The molecule has 1 radical (unpaired) electrons. The molecule has 0 aliphatic rings. The highest BCUT2D eigenvalue weighted by Crippen LogP contribution is 2.14. The lowest BCUT2D eigenvalue weighted by Gasteiger charge is -1.96. The van der Waals surface area contributed by atoms with Gasteiger partial charge in [0.1, 0.15) is 5.82 Å². The first-order chi connectivity index (χ1) is 4.70. The molecule has 1 nitrogen and oxygen atoms in total. The maximum absolute atomic E-state index is 12.2. The molecular weight excluding hydrogens is 138 g/mol. The van der Waals surface area contributed by atoms with Crippen molar-refractivity contribution in [2.75, 3.05) is 0 Å². The average Bonchev–Trinajstić information content (AvgIpc) is 1.88. The number of alkyl halides is 1. The van der Waals surface area contributed by atoms with E-state index >= 15 is 0 Å². The standard InChI is InChI=1S/C7H5F2O/c8-6-3-1-2-5(4-6)7(9)10/h1-4,7H. The van der Waals surface area contributed by atoms with Crippen molar-refractivity contribution >= 4 is 0 Å². The lowest BCUT2D eigenvalue weighted by Crippen LogP contribution is -1.87. The summed E-state index contributed by atoms with van der Waals surface area (Å²) in [5.74, 6) is -0.587. The van der Waals surface area contributed by atoms with Crippen molar-refractivity contribution in [1.29, 1.82) is 0 Å². The summed E-state index contributed by atoms with van der Waals surface area (Å²) in [6, 6.07) is 4.60. The van der Waals surface area contributed by atoms with Crippen molar-refractivity contribution in [2.45, 2.75) is 6.36 Å². The molecule has 0 fully saturated rings. The van der Waals surface area contributed by atoms with Crippen molar-refractivity contribution in [3.63, 3.8) is 0 Å². The Hall–Kier alpha value is -0.960. The Labute approximate surface area is 56.9 Å². The zero-order valence-electron chi connectivity index (χ0n) is 5.05. The highest BCUT2D eigenvalue weighted by molar-refractivity contribution is 5.16. The lowest BCUT2D eigenvalue weighted by molar-refractivity contribution is -0.0249. The SMILES string of the molecule is [O]C(F)c1cccc(F)c1. The first-order valence-electron chi connectivity index (χ1n) is 2.75. The van der Waals surface area contributed by atoms with Gasteiger partial charge in [-0.3, -0.25) is 0 Å². The van der Waals surface area contributed by atoms with Crippen molar-refractivity contribution in [3.8, 4) is 0 Å². The maximum atomic E-state index is 12.2. The van der Waals surface area contributed by atoms with Crippen LogP contribution in [0.3, 0.4) is 0 Å². The van der Waals surface area contributed by atoms with Gasteiger partial charge in [0.25, 0.3) is 6.36 Å². The van der Waals surface area contributed by atoms with Gasteiger partial charge in [-0.15, -0.1) is 0 Å². The first kappa shape index (κ1) is 7.15. The molecule has 0 aliphatic heterocycles. The molecule has 0 amide bonds. The van der Waals surface area contributed by atoms with E-state index in [2.05, 4.69) is 0 Å². The average molecular weight is 143 g/mol. The molecule has 0 saturated carbocycles. The van der Waals surface area contributed by atoms with Gasteiger partial charge in [0.05, 0.1) is 0 Å². The van der Waals surface area contributed by atoms with Crippen LogP contribution in [0.2, 0.25) is 0 Å². The second-order valence-corrected chi connectivity index (χ2v) is 1.87. The second kappa shape index (κ2) is 2.75. The van der Waals surface area contributed by atoms with Gasteiger partial charge in [0, 0.05) is 5.56 Å². The van der Waals surface area contributed by atoms with E-state index in [1.807, 2.05) is 0 Å². The smallest absolute Gasteiger partial charge is 0.207 e. The Morgan fingerprint density at radius 2 is 2.10 bits per heavy atom. The molecule has 1 aromatic rings. The second-order valence-electron chi connectivity index (χ2n) is 1.87. The number of rotatable bonds is 1. The molecule has 1 aromatic carbocycles. The monoisotopic (exact) mass is 143 g/mol. The normalized spacial score (nSPS) is 13.1. The van der Waals surface area contributed by atoms with Crippen LogP contribution in [-0.2, 0) is 5.11 Å². The third-order valence-electron chi connectivity index (χ3n) is 1.11. The third kappa shape index (κ3) is 1.51. The van der Waals surface area contributed by atoms with Crippen LogP contribution in [0.25, 0.3) is 0 Å². The topological polar surface area (TPSA) is 19.9 Å². The van der Waals surface area contributed by atoms with Crippen LogP contribution in [0.1, 0.15) is 11.9 Å². The highest BCUT2D eigenvalue weighted by Gasteiger charge is 2.05. The molecule has 0 saturated heterocycles. The van der Waals surface area contributed by atoms with Crippen molar-refractivity contribution < 1.29 is 13.9 Å². The Balaban J connectivity index is 2.96. The molecule has 0 aliphatic carbocycles. The highest BCUT2D eigenvalue weighted by atomic mass is 19.1.